The summed E-state index contributed by atoms with van der Waals surface area (Å²) in [6, 6.07) is 13.6. The summed E-state index contributed by atoms with van der Waals surface area (Å²) in [4.78, 5) is 35.6. The molecule has 0 fully saturated rings. The fourth-order valence-electron chi connectivity index (χ4n) is 3.71. The van der Waals surface area contributed by atoms with Gasteiger partial charge in [0.05, 0.1) is 21.8 Å². The van der Waals surface area contributed by atoms with Crippen molar-refractivity contribution in [2.75, 3.05) is 0 Å². The van der Waals surface area contributed by atoms with Crippen molar-refractivity contribution >= 4 is 11.6 Å². The number of rotatable bonds is 2. The van der Waals surface area contributed by atoms with Crippen molar-refractivity contribution < 1.29 is 0 Å². The van der Waals surface area contributed by atoms with Crippen LogP contribution >= 0.6 is 11.6 Å². The zero-order valence-corrected chi connectivity index (χ0v) is 19.8. The molecule has 0 saturated carbocycles. The molecule has 39 heavy (non-hydrogen) atoms. The topological polar surface area (TPSA) is 192 Å². The van der Waals surface area contributed by atoms with Crippen molar-refractivity contribution in [1.29, 1.82) is 21.0 Å². The van der Waals surface area contributed by atoms with Crippen LogP contribution in [0.5, 0.6) is 0 Å². The van der Waals surface area contributed by atoms with Crippen LogP contribution in [0.15, 0.2) is 67.3 Å². The van der Waals surface area contributed by atoms with Gasteiger partial charge in [-0.15, -0.1) is 0 Å². The molecule has 0 spiro atoms. The molecule has 0 N–H and O–H groups in total. The first kappa shape index (κ1) is 24.1. The molecule has 3 aromatic rings. The summed E-state index contributed by atoms with van der Waals surface area (Å²) in [5.74, 6) is -0.567. The minimum absolute atomic E-state index is 0.00425. The van der Waals surface area contributed by atoms with E-state index < -0.39 is 0 Å². The maximum atomic E-state index is 9.93. The minimum Gasteiger partial charge on any atom is -0.231 e. The number of nitrogens with zero attached hydrogens (tertiary/aromatic N) is 13. The highest BCUT2D eigenvalue weighted by atomic mass is 35.5. The molecule has 1 aromatic heterocycles. The molecule has 3 heterocycles. The van der Waals surface area contributed by atoms with E-state index in [2.05, 4.69) is 44.6 Å². The number of hydrogen-bond acceptors (Lipinski definition) is 11. The van der Waals surface area contributed by atoms with Crippen LogP contribution in [-0.4, -0.2) is 15.0 Å². The summed E-state index contributed by atoms with van der Waals surface area (Å²) >= 11 is 6.21. The lowest BCUT2D eigenvalue weighted by Gasteiger charge is -2.07. The molecular formula is C25H4ClN13. The van der Waals surface area contributed by atoms with E-state index in [0.29, 0.717) is 5.36 Å². The van der Waals surface area contributed by atoms with E-state index in [1.807, 2.05) is 12.1 Å². The molecule has 2 aliphatic heterocycles. The van der Waals surface area contributed by atoms with Gasteiger partial charge in [-0.1, -0.05) is 0 Å². The maximum absolute atomic E-state index is 9.93. The third-order valence-corrected chi connectivity index (χ3v) is 5.54. The van der Waals surface area contributed by atoms with E-state index in [9.17, 15) is 10.5 Å². The van der Waals surface area contributed by atoms with Gasteiger partial charge in [0.15, 0.2) is 23.0 Å². The molecule has 176 valence electrons. The van der Waals surface area contributed by atoms with E-state index >= 15 is 0 Å². The summed E-state index contributed by atoms with van der Waals surface area (Å²) in [6.45, 7) is 14.3. The van der Waals surface area contributed by atoms with E-state index in [4.69, 9.17) is 35.3 Å². The van der Waals surface area contributed by atoms with Crippen LogP contribution in [0, 0.1) is 58.5 Å². The lowest BCUT2D eigenvalue weighted by molar-refractivity contribution is 1.06. The second kappa shape index (κ2) is 9.43. The van der Waals surface area contributed by atoms with Crippen LogP contribution in [0.1, 0.15) is 11.1 Å². The molecule has 2 aromatic carbocycles. The number of allylic oxidation sites excluding steroid dienone is 1. The number of fused-ring (bicyclic) bond motifs is 2. The lowest BCUT2D eigenvalue weighted by Crippen LogP contribution is -2.26. The van der Waals surface area contributed by atoms with Crippen molar-refractivity contribution in [3.05, 3.63) is 108 Å². The third-order valence-electron chi connectivity index (χ3n) is 5.37. The number of halogens is 1. The predicted octanol–water partition coefficient (Wildman–Crippen LogP) is 1.33. The van der Waals surface area contributed by atoms with E-state index in [1.165, 1.54) is 24.3 Å². The van der Waals surface area contributed by atoms with Crippen LogP contribution in [0.2, 0.25) is 5.28 Å². The minimum atomic E-state index is -0.338. The standard InChI is InChI=1S/C25H4ClN13/c1-31-23(32-2)24-34-17-6-4-13(15(10-30)19(17)36-24)22-37-21(38-25(26)39-22)12-3-5-16-18(14(12)9-29)35-20(33-16)11(7-27)8-28/h3-6H. The zero-order valence-electron chi connectivity index (χ0n) is 19.0. The van der Waals surface area contributed by atoms with Gasteiger partial charge in [0.2, 0.25) is 11.1 Å². The Morgan fingerprint density at radius 3 is 1.64 bits per heavy atom. The lowest BCUT2D eigenvalue weighted by atomic mass is 10.1. The third kappa shape index (κ3) is 3.89. The molecule has 0 atom stereocenters. The smallest absolute Gasteiger partial charge is 0.231 e. The molecule has 14 heteroatoms. The first-order chi connectivity index (χ1) is 19.0. The van der Waals surface area contributed by atoms with Crippen LogP contribution < -0.4 is 21.4 Å². The van der Waals surface area contributed by atoms with Gasteiger partial charge in [-0.2, -0.15) is 40.7 Å². The Morgan fingerprint density at radius 2 is 1.18 bits per heavy atom. The second-order valence-electron chi connectivity index (χ2n) is 7.43. The van der Waals surface area contributed by atoms with Crippen LogP contribution in [0.3, 0.4) is 0 Å². The van der Waals surface area contributed by atoms with E-state index in [0.717, 1.165) is 0 Å². The molecule has 0 unspecified atom stereocenters. The molecule has 13 nitrogen and oxygen atoms in total. The van der Waals surface area contributed by atoms with Crippen molar-refractivity contribution in [3.63, 3.8) is 0 Å². The molecule has 0 amide bonds. The summed E-state index contributed by atoms with van der Waals surface area (Å²) in [6.07, 6.45) is 0. The number of nitriles is 4. The van der Waals surface area contributed by atoms with Crippen LogP contribution in [0.4, 0.5) is 0 Å². The van der Waals surface area contributed by atoms with E-state index in [-0.39, 0.29) is 78.3 Å². The van der Waals surface area contributed by atoms with Crippen LogP contribution in [-0.2, 0) is 0 Å². The number of aromatic nitrogens is 3. The quantitative estimate of drug-likeness (QED) is 0.358. The normalized spacial score (nSPS) is 11.8. The molecule has 0 aliphatic carbocycles. The summed E-state index contributed by atoms with van der Waals surface area (Å²) in [7, 11) is 0. The monoisotopic (exact) mass is 521 g/mol. The van der Waals surface area contributed by atoms with Crippen molar-refractivity contribution in [1.82, 2.24) is 15.0 Å². The summed E-state index contributed by atoms with van der Waals surface area (Å²) < 4.78 is 0. The van der Waals surface area contributed by atoms with Crippen molar-refractivity contribution in [2.24, 2.45) is 20.0 Å². The first-order valence-corrected chi connectivity index (χ1v) is 10.8. The highest BCUT2D eigenvalue weighted by Crippen LogP contribution is 2.24. The van der Waals surface area contributed by atoms with Gasteiger partial charge in [0, 0.05) is 11.1 Å². The number of benzene rings is 2. The Kier molecular flexibility index (Phi) is 5.82. The zero-order chi connectivity index (χ0) is 27.7. The Labute approximate surface area is 222 Å². The fraction of sp³-hybridized carbons (Fsp3) is 0. The highest BCUT2D eigenvalue weighted by Gasteiger charge is 2.23. The van der Waals surface area contributed by atoms with Crippen molar-refractivity contribution in [2.45, 2.75) is 0 Å². The molecule has 0 bridgehead atoms. The van der Waals surface area contributed by atoms with Crippen molar-refractivity contribution in [3.8, 4) is 47.1 Å². The average molecular weight is 522 g/mol. The summed E-state index contributed by atoms with van der Waals surface area (Å²) in [5.41, 5.74) is 0.205. The van der Waals surface area contributed by atoms with Gasteiger partial charge in [-0.05, 0) is 35.9 Å². The van der Waals surface area contributed by atoms with Crippen LogP contribution in [0.25, 0.3) is 32.5 Å². The Hall–Kier alpha value is -6.64. The second-order valence-corrected chi connectivity index (χ2v) is 7.77. The predicted molar refractivity (Wildman–Crippen MR) is 128 cm³/mol. The Balaban J connectivity index is 1.73. The molecule has 0 saturated heterocycles. The van der Waals surface area contributed by atoms with Gasteiger partial charge in [-0.3, -0.25) is 0 Å². The molecular weight excluding hydrogens is 518 g/mol. The number of hydrogen-bond donors (Lipinski definition) is 0. The molecule has 5 rings (SSSR count). The Bertz CT molecular complexity index is 2070. The first-order valence-electron chi connectivity index (χ1n) is 10.4. The van der Waals surface area contributed by atoms with Gasteiger partial charge >= 0.3 is 5.82 Å². The molecule has 0 radical (unpaired) electrons. The SMILES string of the molecule is [C-]#[N+]C([N+]#[C-])=C1N=c2ccc(-c3nc(Cl)nc(-c4ccc5c(c4C#N)=NC(=C(C#N)C#N)N=5)n3)c(C#N)c2=N1. The Morgan fingerprint density at radius 1 is 0.692 bits per heavy atom. The van der Waals surface area contributed by atoms with Gasteiger partial charge in [0.25, 0.3) is 0 Å². The highest BCUT2D eigenvalue weighted by molar-refractivity contribution is 6.28. The van der Waals surface area contributed by atoms with E-state index in [1.54, 1.807) is 12.1 Å². The van der Waals surface area contributed by atoms with Gasteiger partial charge in [0.1, 0.15) is 48.1 Å². The fourth-order valence-corrected chi connectivity index (χ4v) is 3.87. The summed E-state index contributed by atoms with van der Waals surface area (Å²) in [5, 5.41) is 38.8. The van der Waals surface area contributed by atoms with Gasteiger partial charge < -0.3 is 0 Å². The maximum Gasteiger partial charge on any atom is 0.564 e. The van der Waals surface area contributed by atoms with Gasteiger partial charge in [-0.25, -0.2) is 25.0 Å². The largest absolute Gasteiger partial charge is 0.564 e. The average Bonchev–Trinajstić information content (AvgIpc) is 3.57. The molecule has 2 aliphatic rings.